The molecule has 0 bridgehead atoms. The quantitative estimate of drug-likeness (QED) is 0.651. The van der Waals surface area contributed by atoms with Gasteiger partial charge in [-0.15, -0.1) is 0 Å². The summed E-state index contributed by atoms with van der Waals surface area (Å²) in [5, 5.41) is 8.62. The highest BCUT2D eigenvalue weighted by molar-refractivity contribution is 5.33. The normalized spacial score (nSPS) is 21.3. The van der Waals surface area contributed by atoms with Gasteiger partial charge in [0.2, 0.25) is 0 Å². The van der Waals surface area contributed by atoms with E-state index >= 15 is 0 Å². The Hall–Kier alpha value is -1.33. The van der Waals surface area contributed by atoms with Crippen LogP contribution in [0.5, 0.6) is 0 Å². The van der Waals surface area contributed by atoms with E-state index in [0.29, 0.717) is 5.92 Å². The van der Waals surface area contributed by atoms with Crippen molar-refractivity contribution in [3.05, 3.63) is 35.4 Å². The van der Waals surface area contributed by atoms with Crippen molar-refractivity contribution in [2.24, 2.45) is 0 Å². The first-order chi connectivity index (χ1) is 6.40. The molecule has 2 rings (SSSR count). The highest BCUT2D eigenvalue weighted by Gasteiger charge is 2.16. The molecule has 1 fully saturated rings. The second-order valence-electron chi connectivity index (χ2n) is 3.29. The lowest BCUT2D eigenvalue weighted by atomic mass is 9.98. The lowest BCUT2D eigenvalue weighted by molar-refractivity contribution is 0.194. The van der Waals surface area contributed by atoms with Gasteiger partial charge in [0.25, 0.3) is 0 Å². The number of benzene rings is 1. The van der Waals surface area contributed by atoms with Crippen molar-refractivity contribution in [1.29, 1.82) is 5.26 Å². The van der Waals surface area contributed by atoms with Crippen LogP contribution in [0.2, 0.25) is 0 Å². The molecular weight excluding hydrogens is 162 g/mol. The summed E-state index contributed by atoms with van der Waals surface area (Å²) in [4.78, 5) is 0. The first-order valence-electron chi connectivity index (χ1n) is 4.48. The van der Waals surface area contributed by atoms with Crippen molar-refractivity contribution in [1.82, 2.24) is 0 Å². The molecule has 1 aliphatic heterocycles. The monoisotopic (exact) mass is 173 g/mol. The minimum atomic E-state index is 0.535. The summed E-state index contributed by atoms with van der Waals surface area (Å²) in [5.41, 5.74) is 2.01. The lowest BCUT2D eigenvalue weighted by Crippen LogP contribution is -1.96. The van der Waals surface area contributed by atoms with Crippen LogP contribution in [0.1, 0.15) is 23.5 Å². The average Bonchev–Trinajstić information content (AvgIpc) is 2.71. The standard InChI is InChI=1S/C11H11NO/c12-7-9-1-3-10(4-2-9)11-5-6-13-8-11/h1-4,11H,5-6,8H2. The molecule has 2 heteroatoms. The summed E-state index contributed by atoms with van der Waals surface area (Å²) in [6.45, 7) is 1.69. The summed E-state index contributed by atoms with van der Waals surface area (Å²) in [5.74, 6) is 0.535. The van der Waals surface area contributed by atoms with Crippen LogP contribution in [0.3, 0.4) is 0 Å². The van der Waals surface area contributed by atoms with Crippen LogP contribution in [0.4, 0.5) is 0 Å². The zero-order valence-corrected chi connectivity index (χ0v) is 7.36. The Bertz CT molecular complexity index is 317. The fraction of sp³-hybridized carbons (Fsp3) is 0.364. The predicted molar refractivity (Wildman–Crippen MR) is 49.3 cm³/mol. The van der Waals surface area contributed by atoms with E-state index in [0.717, 1.165) is 25.2 Å². The fourth-order valence-corrected chi connectivity index (χ4v) is 1.63. The van der Waals surface area contributed by atoms with Crippen LogP contribution < -0.4 is 0 Å². The molecule has 1 atom stereocenters. The average molecular weight is 173 g/mol. The van der Waals surface area contributed by atoms with E-state index in [1.54, 1.807) is 0 Å². The molecule has 0 aromatic heterocycles. The molecule has 0 amide bonds. The Balaban J connectivity index is 2.18. The molecule has 2 nitrogen and oxygen atoms in total. The van der Waals surface area contributed by atoms with Gasteiger partial charge in [-0.3, -0.25) is 0 Å². The van der Waals surface area contributed by atoms with Crippen LogP contribution in [0.25, 0.3) is 0 Å². The van der Waals surface area contributed by atoms with Gasteiger partial charge in [-0.1, -0.05) is 12.1 Å². The van der Waals surface area contributed by atoms with Gasteiger partial charge in [-0.2, -0.15) is 5.26 Å². The zero-order chi connectivity index (χ0) is 9.10. The van der Waals surface area contributed by atoms with E-state index in [1.807, 2.05) is 24.3 Å². The third-order valence-electron chi connectivity index (χ3n) is 2.44. The molecule has 0 saturated carbocycles. The minimum absolute atomic E-state index is 0.535. The van der Waals surface area contributed by atoms with Gasteiger partial charge in [0.15, 0.2) is 0 Å². The molecule has 1 unspecified atom stereocenters. The van der Waals surface area contributed by atoms with Crippen molar-refractivity contribution in [2.75, 3.05) is 13.2 Å². The van der Waals surface area contributed by atoms with Crippen molar-refractivity contribution in [2.45, 2.75) is 12.3 Å². The Morgan fingerprint density at radius 2 is 2.08 bits per heavy atom. The van der Waals surface area contributed by atoms with E-state index in [4.69, 9.17) is 10.00 Å². The zero-order valence-electron chi connectivity index (χ0n) is 7.36. The van der Waals surface area contributed by atoms with Crippen molar-refractivity contribution < 1.29 is 4.74 Å². The van der Waals surface area contributed by atoms with Gasteiger partial charge in [0.05, 0.1) is 18.2 Å². The molecule has 1 saturated heterocycles. The molecule has 0 aliphatic carbocycles. The summed E-state index contributed by atoms with van der Waals surface area (Å²) in [6, 6.07) is 9.90. The molecule has 0 N–H and O–H groups in total. The summed E-state index contributed by atoms with van der Waals surface area (Å²) in [6.07, 6.45) is 1.10. The molecule has 1 aliphatic rings. The lowest BCUT2D eigenvalue weighted by Gasteiger charge is -2.06. The number of hydrogen-bond acceptors (Lipinski definition) is 2. The molecule has 1 aromatic rings. The molecule has 0 radical (unpaired) electrons. The van der Waals surface area contributed by atoms with Gasteiger partial charge in [-0.25, -0.2) is 0 Å². The van der Waals surface area contributed by atoms with Crippen LogP contribution in [-0.4, -0.2) is 13.2 Å². The van der Waals surface area contributed by atoms with Gasteiger partial charge in [-0.05, 0) is 24.1 Å². The van der Waals surface area contributed by atoms with E-state index in [9.17, 15) is 0 Å². The smallest absolute Gasteiger partial charge is 0.0991 e. The molecular formula is C11H11NO. The van der Waals surface area contributed by atoms with Gasteiger partial charge in [0, 0.05) is 12.5 Å². The van der Waals surface area contributed by atoms with Crippen molar-refractivity contribution in [3.63, 3.8) is 0 Å². The Labute approximate surface area is 77.8 Å². The third kappa shape index (κ3) is 1.71. The van der Waals surface area contributed by atoms with Crippen molar-refractivity contribution in [3.8, 4) is 6.07 Å². The van der Waals surface area contributed by atoms with E-state index in [2.05, 4.69) is 6.07 Å². The Morgan fingerprint density at radius 3 is 2.62 bits per heavy atom. The number of hydrogen-bond donors (Lipinski definition) is 0. The maximum Gasteiger partial charge on any atom is 0.0991 e. The molecule has 66 valence electrons. The first-order valence-corrected chi connectivity index (χ1v) is 4.48. The highest BCUT2D eigenvalue weighted by Crippen LogP contribution is 2.24. The second-order valence-corrected chi connectivity index (χ2v) is 3.29. The van der Waals surface area contributed by atoms with Gasteiger partial charge >= 0.3 is 0 Å². The molecule has 0 spiro atoms. The maximum atomic E-state index is 8.62. The summed E-state index contributed by atoms with van der Waals surface area (Å²) in [7, 11) is 0. The maximum absolute atomic E-state index is 8.62. The Kier molecular flexibility index (Phi) is 2.29. The first kappa shape index (κ1) is 8.28. The van der Waals surface area contributed by atoms with Crippen LogP contribution in [0.15, 0.2) is 24.3 Å². The Morgan fingerprint density at radius 1 is 1.31 bits per heavy atom. The van der Waals surface area contributed by atoms with E-state index in [1.165, 1.54) is 5.56 Å². The largest absolute Gasteiger partial charge is 0.381 e. The number of nitrogens with zero attached hydrogens (tertiary/aromatic N) is 1. The van der Waals surface area contributed by atoms with E-state index < -0.39 is 0 Å². The van der Waals surface area contributed by atoms with Crippen LogP contribution in [-0.2, 0) is 4.74 Å². The SMILES string of the molecule is N#Cc1ccc(C2CCOC2)cc1. The predicted octanol–water partition coefficient (Wildman–Crippen LogP) is 2.06. The number of rotatable bonds is 1. The fourth-order valence-electron chi connectivity index (χ4n) is 1.63. The minimum Gasteiger partial charge on any atom is -0.381 e. The van der Waals surface area contributed by atoms with E-state index in [-0.39, 0.29) is 0 Å². The number of ether oxygens (including phenoxy) is 1. The van der Waals surface area contributed by atoms with Crippen LogP contribution in [0, 0.1) is 11.3 Å². The third-order valence-corrected chi connectivity index (χ3v) is 2.44. The highest BCUT2D eigenvalue weighted by atomic mass is 16.5. The number of nitriles is 1. The van der Waals surface area contributed by atoms with Crippen molar-refractivity contribution >= 4 is 0 Å². The summed E-state index contributed by atoms with van der Waals surface area (Å²) >= 11 is 0. The molecule has 13 heavy (non-hydrogen) atoms. The van der Waals surface area contributed by atoms with Gasteiger partial charge < -0.3 is 4.74 Å². The molecule has 1 heterocycles. The second kappa shape index (κ2) is 3.59. The summed E-state index contributed by atoms with van der Waals surface area (Å²) < 4.78 is 5.30. The topological polar surface area (TPSA) is 33.0 Å². The molecule has 1 aromatic carbocycles. The van der Waals surface area contributed by atoms with Gasteiger partial charge in [0.1, 0.15) is 0 Å². The van der Waals surface area contributed by atoms with Crippen LogP contribution >= 0.6 is 0 Å².